The van der Waals surface area contributed by atoms with Crippen LogP contribution in [0.25, 0.3) is 0 Å². The summed E-state index contributed by atoms with van der Waals surface area (Å²) < 4.78 is 18.6. The summed E-state index contributed by atoms with van der Waals surface area (Å²) >= 11 is 0. The minimum Gasteiger partial charge on any atom is -0.490 e. The van der Waals surface area contributed by atoms with Crippen LogP contribution >= 0.6 is 0 Å². The number of rotatable bonds is 6. The normalized spacial score (nSPS) is 10.5. The molecule has 0 saturated carbocycles. The summed E-state index contributed by atoms with van der Waals surface area (Å²) in [5.41, 5.74) is 0.318. The van der Waals surface area contributed by atoms with E-state index in [9.17, 15) is 9.18 Å². The van der Waals surface area contributed by atoms with Crippen LogP contribution in [0.4, 0.5) is 4.39 Å². The van der Waals surface area contributed by atoms with Crippen molar-refractivity contribution in [3.8, 4) is 5.75 Å². The van der Waals surface area contributed by atoms with Gasteiger partial charge in [0.1, 0.15) is 6.29 Å². The molecule has 0 aliphatic rings. The van der Waals surface area contributed by atoms with Gasteiger partial charge in [-0.25, -0.2) is 4.39 Å². The standard InChI is InChI=1S/C12H16FNO2/c1-14(2)6-3-7-16-12-5-4-10(9-15)8-11(12)13/h4-5,8-9H,3,6-7H2,1-2H3. The van der Waals surface area contributed by atoms with Crippen molar-refractivity contribution in [2.24, 2.45) is 0 Å². The molecule has 0 aliphatic carbocycles. The molecule has 0 heterocycles. The minimum absolute atomic E-state index is 0.198. The summed E-state index contributed by atoms with van der Waals surface area (Å²) in [6.07, 6.45) is 1.45. The van der Waals surface area contributed by atoms with Crippen LogP contribution in [-0.4, -0.2) is 38.4 Å². The van der Waals surface area contributed by atoms with Gasteiger partial charge in [-0.1, -0.05) is 0 Å². The molecule has 88 valence electrons. The zero-order valence-electron chi connectivity index (χ0n) is 9.57. The molecule has 0 amide bonds. The second kappa shape index (κ2) is 6.23. The number of ether oxygens (including phenoxy) is 1. The predicted molar refractivity (Wildman–Crippen MR) is 60.5 cm³/mol. The van der Waals surface area contributed by atoms with Crippen molar-refractivity contribution in [3.05, 3.63) is 29.6 Å². The van der Waals surface area contributed by atoms with Crippen molar-refractivity contribution in [2.75, 3.05) is 27.2 Å². The molecule has 0 unspecified atom stereocenters. The maximum Gasteiger partial charge on any atom is 0.165 e. The number of halogens is 1. The number of benzene rings is 1. The van der Waals surface area contributed by atoms with E-state index in [4.69, 9.17) is 4.74 Å². The Morgan fingerprint density at radius 1 is 1.44 bits per heavy atom. The molecule has 4 heteroatoms. The van der Waals surface area contributed by atoms with Crippen molar-refractivity contribution in [1.82, 2.24) is 4.90 Å². The van der Waals surface area contributed by atoms with E-state index < -0.39 is 5.82 Å². The van der Waals surface area contributed by atoms with Crippen molar-refractivity contribution >= 4 is 6.29 Å². The van der Waals surface area contributed by atoms with Crippen molar-refractivity contribution in [3.63, 3.8) is 0 Å². The fraction of sp³-hybridized carbons (Fsp3) is 0.417. The Labute approximate surface area is 94.8 Å². The highest BCUT2D eigenvalue weighted by molar-refractivity contribution is 5.74. The van der Waals surface area contributed by atoms with Crippen LogP contribution in [0, 0.1) is 5.82 Å². The molecule has 0 N–H and O–H groups in total. The third kappa shape index (κ3) is 3.98. The Morgan fingerprint density at radius 3 is 2.75 bits per heavy atom. The lowest BCUT2D eigenvalue weighted by Gasteiger charge is -2.10. The van der Waals surface area contributed by atoms with E-state index in [1.807, 2.05) is 19.0 Å². The summed E-state index contributed by atoms with van der Waals surface area (Å²) in [4.78, 5) is 12.4. The minimum atomic E-state index is -0.491. The van der Waals surface area contributed by atoms with Crippen LogP contribution in [0.3, 0.4) is 0 Å². The molecule has 1 aromatic rings. The van der Waals surface area contributed by atoms with Gasteiger partial charge in [-0.05, 0) is 38.7 Å². The molecule has 0 aromatic heterocycles. The lowest BCUT2D eigenvalue weighted by Crippen LogP contribution is -2.15. The van der Waals surface area contributed by atoms with Gasteiger partial charge in [0.2, 0.25) is 0 Å². The number of hydrogen-bond acceptors (Lipinski definition) is 3. The first kappa shape index (κ1) is 12.6. The Morgan fingerprint density at radius 2 is 2.19 bits per heavy atom. The quantitative estimate of drug-likeness (QED) is 0.547. The van der Waals surface area contributed by atoms with Gasteiger partial charge in [0.15, 0.2) is 11.6 Å². The number of hydrogen-bond donors (Lipinski definition) is 0. The topological polar surface area (TPSA) is 29.5 Å². The molecule has 1 aromatic carbocycles. The predicted octanol–water partition coefficient (Wildman–Crippen LogP) is 1.97. The summed E-state index contributed by atoms with van der Waals surface area (Å²) in [6.45, 7) is 1.36. The van der Waals surface area contributed by atoms with Gasteiger partial charge in [0.05, 0.1) is 6.61 Å². The first-order valence-electron chi connectivity index (χ1n) is 5.15. The average Bonchev–Trinajstić information content (AvgIpc) is 2.25. The first-order chi connectivity index (χ1) is 7.63. The molecule has 0 atom stereocenters. The smallest absolute Gasteiger partial charge is 0.165 e. The van der Waals surface area contributed by atoms with E-state index in [2.05, 4.69) is 0 Å². The molecule has 0 spiro atoms. The van der Waals surface area contributed by atoms with Crippen molar-refractivity contribution in [2.45, 2.75) is 6.42 Å². The third-order valence-corrected chi connectivity index (χ3v) is 2.10. The Balaban J connectivity index is 2.45. The monoisotopic (exact) mass is 225 g/mol. The SMILES string of the molecule is CN(C)CCCOc1ccc(C=O)cc1F. The van der Waals surface area contributed by atoms with E-state index in [0.29, 0.717) is 18.5 Å². The summed E-state index contributed by atoms with van der Waals surface area (Å²) in [6, 6.07) is 4.19. The molecule has 0 bridgehead atoms. The summed E-state index contributed by atoms with van der Waals surface area (Å²) in [5, 5.41) is 0. The first-order valence-corrected chi connectivity index (χ1v) is 5.15. The highest BCUT2D eigenvalue weighted by Gasteiger charge is 2.04. The number of carbonyl (C=O) groups is 1. The molecule has 1 rings (SSSR count). The van der Waals surface area contributed by atoms with Gasteiger partial charge in [-0.3, -0.25) is 4.79 Å². The fourth-order valence-electron chi connectivity index (χ4n) is 1.27. The van der Waals surface area contributed by atoms with E-state index in [1.54, 1.807) is 0 Å². The second-order valence-corrected chi connectivity index (χ2v) is 3.81. The fourth-order valence-corrected chi connectivity index (χ4v) is 1.27. The van der Waals surface area contributed by atoms with Gasteiger partial charge in [0.25, 0.3) is 0 Å². The van der Waals surface area contributed by atoms with Gasteiger partial charge >= 0.3 is 0 Å². The van der Waals surface area contributed by atoms with Crippen LogP contribution in [0.2, 0.25) is 0 Å². The molecule has 16 heavy (non-hydrogen) atoms. The number of nitrogens with zero attached hydrogens (tertiary/aromatic N) is 1. The van der Waals surface area contributed by atoms with Gasteiger partial charge in [0, 0.05) is 12.1 Å². The van der Waals surface area contributed by atoms with E-state index in [1.165, 1.54) is 18.2 Å². The van der Waals surface area contributed by atoms with Crippen LogP contribution in [-0.2, 0) is 0 Å². The lowest BCUT2D eigenvalue weighted by molar-refractivity contribution is 0.112. The molecule has 0 radical (unpaired) electrons. The highest BCUT2D eigenvalue weighted by Crippen LogP contribution is 2.17. The zero-order valence-corrected chi connectivity index (χ0v) is 9.57. The lowest BCUT2D eigenvalue weighted by atomic mass is 10.2. The molecular formula is C12H16FNO2. The number of carbonyl (C=O) groups excluding carboxylic acids is 1. The third-order valence-electron chi connectivity index (χ3n) is 2.10. The average molecular weight is 225 g/mol. The summed E-state index contributed by atoms with van der Waals surface area (Å²) in [5.74, 6) is -0.293. The maximum atomic E-state index is 13.3. The van der Waals surface area contributed by atoms with Crippen LogP contribution in [0.15, 0.2) is 18.2 Å². The van der Waals surface area contributed by atoms with Crippen LogP contribution < -0.4 is 4.74 Å². The summed E-state index contributed by atoms with van der Waals surface area (Å²) in [7, 11) is 3.94. The Bertz CT molecular complexity index is 353. The molecular weight excluding hydrogens is 209 g/mol. The molecule has 0 aliphatic heterocycles. The van der Waals surface area contributed by atoms with Crippen molar-refractivity contribution in [1.29, 1.82) is 0 Å². The molecule has 0 fully saturated rings. The Hall–Kier alpha value is -1.42. The van der Waals surface area contributed by atoms with Crippen LogP contribution in [0.1, 0.15) is 16.8 Å². The maximum absolute atomic E-state index is 13.3. The Kier molecular flexibility index (Phi) is 4.92. The van der Waals surface area contributed by atoms with Gasteiger partial charge < -0.3 is 9.64 Å². The highest BCUT2D eigenvalue weighted by atomic mass is 19.1. The van der Waals surface area contributed by atoms with E-state index in [0.717, 1.165) is 13.0 Å². The van der Waals surface area contributed by atoms with Gasteiger partial charge in [-0.15, -0.1) is 0 Å². The second-order valence-electron chi connectivity index (χ2n) is 3.81. The largest absolute Gasteiger partial charge is 0.490 e. The van der Waals surface area contributed by atoms with Crippen LogP contribution in [0.5, 0.6) is 5.75 Å². The number of aldehydes is 1. The molecule has 0 saturated heterocycles. The van der Waals surface area contributed by atoms with Gasteiger partial charge in [-0.2, -0.15) is 0 Å². The van der Waals surface area contributed by atoms with E-state index in [-0.39, 0.29) is 5.75 Å². The van der Waals surface area contributed by atoms with Crippen molar-refractivity contribution < 1.29 is 13.9 Å². The molecule has 3 nitrogen and oxygen atoms in total. The zero-order chi connectivity index (χ0) is 12.0. The van der Waals surface area contributed by atoms with E-state index >= 15 is 0 Å².